The van der Waals surface area contributed by atoms with Crippen molar-refractivity contribution >= 4 is 45.5 Å². The Kier molecular flexibility index (Phi) is 6.51. The topological polar surface area (TPSA) is 113 Å². The van der Waals surface area contributed by atoms with Gasteiger partial charge in [-0.2, -0.15) is 13.2 Å². The lowest BCUT2D eigenvalue weighted by molar-refractivity contribution is -0.137. The van der Waals surface area contributed by atoms with E-state index in [4.69, 9.17) is 9.72 Å². The van der Waals surface area contributed by atoms with Gasteiger partial charge in [0.25, 0.3) is 5.91 Å². The average molecular weight is 632 g/mol. The van der Waals surface area contributed by atoms with Crippen molar-refractivity contribution in [1.82, 2.24) is 25.2 Å². The number of fused-ring (bicyclic) bond motifs is 3. The van der Waals surface area contributed by atoms with E-state index in [1.807, 2.05) is 0 Å². The maximum atomic E-state index is 14.2. The fourth-order valence-corrected chi connectivity index (χ4v) is 8.95. The number of ether oxygens (including phenoxy) is 1. The second kappa shape index (κ2) is 10.2. The molecule has 7 heterocycles. The highest BCUT2D eigenvalue weighted by atomic mass is 32.2. The second-order valence-electron chi connectivity index (χ2n) is 11.7. The Bertz CT molecular complexity index is 1640. The lowest BCUT2D eigenvalue weighted by Gasteiger charge is -2.36. The fourth-order valence-electron chi connectivity index (χ4n) is 6.34. The van der Waals surface area contributed by atoms with Crippen molar-refractivity contribution in [3.8, 4) is 10.6 Å². The molecular weight excluding hydrogens is 603 g/mol. The van der Waals surface area contributed by atoms with E-state index in [0.717, 1.165) is 61.3 Å². The monoisotopic (exact) mass is 631 g/mol. The molecule has 3 saturated heterocycles. The van der Waals surface area contributed by atoms with Gasteiger partial charge in [-0.15, -0.1) is 11.3 Å². The maximum absolute atomic E-state index is 14.2. The summed E-state index contributed by atoms with van der Waals surface area (Å²) >= 11 is 0.888. The third-order valence-electron chi connectivity index (χ3n) is 8.84. The molecule has 2 N–H and O–H groups in total. The SMILES string of the molecule is O=C1c2sc(-c3nc(Nc4cnc(N5CC6CC5CN6)cc4C4CC4)ncc3C(F)(F)F)cc2S(=O)CCN1C1COC1. The standard InChI is InChI=1S/C28H28F3N7O3S2/c29-28(30,31)19-9-34-27(35-20-10-33-23(6-18(20)14-1-2-14)38-11-15-5-16(38)8-32-15)36-24(19)21-7-22-25(42-21)26(39)37(3-4-43(22)40)17-12-41-13-17/h6-7,9-10,14-17,32H,1-5,8,11-13H2,(H,34,35,36). The molecule has 0 radical (unpaired) electrons. The van der Waals surface area contributed by atoms with Gasteiger partial charge in [0.15, 0.2) is 0 Å². The average Bonchev–Trinajstić information content (AvgIpc) is 3.38. The van der Waals surface area contributed by atoms with Gasteiger partial charge in [-0.25, -0.2) is 15.0 Å². The summed E-state index contributed by atoms with van der Waals surface area (Å²) < 4.78 is 60.8. The molecule has 1 amide bonds. The van der Waals surface area contributed by atoms with Crippen LogP contribution in [0.4, 0.5) is 30.6 Å². The quantitative estimate of drug-likeness (QED) is 0.420. The smallest absolute Gasteiger partial charge is 0.377 e. The van der Waals surface area contributed by atoms with Crippen molar-refractivity contribution in [1.29, 1.82) is 0 Å². The zero-order chi connectivity index (χ0) is 29.5. The highest BCUT2D eigenvalue weighted by Gasteiger charge is 2.41. The highest BCUT2D eigenvalue weighted by Crippen LogP contribution is 2.46. The number of amides is 1. The third-order valence-corrected chi connectivity index (χ3v) is 11.5. The molecule has 8 rings (SSSR count). The van der Waals surface area contributed by atoms with Crippen molar-refractivity contribution in [2.24, 2.45) is 0 Å². The lowest BCUT2D eigenvalue weighted by atomic mass is 10.1. The zero-order valence-electron chi connectivity index (χ0n) is 22.9. The number of piperazine rings is 1. The van der Waals surface area contributed by atoms with Crippen LogP contribution in [0, 0.1) is 0 Å². The third kappa shape index (κ3) is 4.89. The van der Waals surface area contributed by atoms with Gasteiger partial charge in [0.05, 0.1) is 57.4 Å². The van der Waals surface area contributed by atoms with Crippen LogP contribution < -0.4 is 15.5 Å². The van der Waals surface area contributed by atoms with Crippen LogP contribution in [0.25, 0.3) is 10.6 Å². The predicted octanol–water partition coefficient (Wildman–Crippen LogP) is 3.75. The molecule has 2 bridgehead atoms. The summed E-state index contributed by atoms with van der Waals surface area (Å²) in [5.41, 5.74) is 0.334. The van der Waals surface area contributed by atoms with Gasteiger partial charge >= 0.3 is 6.18 Å². The lowest BCUT2D eigenvalue weighted by Crippen LogP contribution is -2.52. The van der Waals surface area contributed by atoms with Gasteiger partial charge in [-0.1, -0.05) is 0 Å². The largest absolute Gasteiger partial charge is 0.420 e. The van der Waals surface area contributed by atoms with Crippen LogP contribution in [0.5, 0.6) is 0 Å². The summed E-state index contributed by atoms with van der Waals surface area (Å²) in [6.07, 6.45) is 0.901. The minimum atomic E-state index is -4.74. The Hall–Kier alpha value is -3.14. The van der Waals surface area contributed by atoms with Gasteiger partial charge in [-0.05, 0) is 42.9 Å². The van der Waals surface area contributed by atoms with Gasteiger partial charge in [-0.3, -0.25) is 9.00 Å². The molecule has 5 aliphatic rings. The molecule has 3 unspecified atom stereocenters. The number of nitrogens with one attached hydrogen (secondary N) is 2. The van der Waals surface area contributed by atoms with Crippen LogP contribution in [0.1, 0.15) is 46.0 Å². The van der Waals surface area contributed by atoms with Crippen molar-refractivity contribution in [3.05, 3.63) is 40.5 Å². The number of nitrogens with zero attached hydrogens (tertiary/aromatic N) is 5. The molecule has 3 aromatic heterocycles. The number of rotatable bonds is 6. The Morgan fingerprint density at radius 2 is 1.95 bits per heavy atom. The highest BCUT2D eigenvalue weighted by molar-refractivity contribution is 7.85. The molecule has 4 aliphatic heterocycles. The molecule has 226 valence electrons. The van der Waals surface area contributed by atoms with E-state index in [1.165, 1.54) is 6.07 Å². The molecule has 10 nitrogen and oxygen atoms in total. The summed E-state index contributed by atoms with van der Waals surface area (Å²) in [5, 5.41) is 6.63. The summed E-state index contributed by atoms with van der Waals surface area (Å²) in [7, 11) is -1.54. The first-order valence-electron chi connectivity index (χ1n) is 14.4. The normalized spacial score (nSPS) is 25.6. The molecule has 1 aliphatic carbocycles. The molecule has 0 aromatic carbocycles. The van der Waals surface area contributed by atoms with Crippen LogP contribution in [-0.4, -0.2) is 86.7 Å². The first kappa shape index (κ1) is 27.4. The first-order chi connectivity index (χ1) is 20.7. The number of thiophene rings is 1. The van der Waals surface area contributed by atoms with Crippen molar-refractivity contribution in [2.45, 2.75) is 54.4 Å². The van der Waals surface area contributed by atoms with Gasteiger partial charge in [0.2, 0.25) is 5.95 Å². The molecule has 0 spiro atoms. The number of halogens is 3. The van der Waals surface area contributed by atoms with Crippen LogP contribution in [0.2, 0.25) is 0 Å². The second-order valence-corrected chi connectivity index (χ2v) is 14.3. The van der Waals surface area contributed by atoms with E-state index in [1.54, 1.807) is 11.1 Å². The van der Waals surface area contributed by atoms with E-state index < -0.39 is 22.5 Å². The van der Waals surface area contributed by atoms with E-state index >= 15 is 0 Å². The number of carbonyl (C=O) groups is 1. The zero-order valence-corrected chi connectivity index (χ0v) is 24.5. The Morgan fingerprint density at radius 3 is 2.63 bits per heavy atom. The summed E-state index contributed by atoms with van der Waals surface area (Å²) in [6.45, 7) is 2.92. The Balaban J connectivity index is 1.14. The number of alkyl halides is 3. The van der Waals surface area contributed by atoms with Gasteiger partial charge < -0.3 is 25.2 Å². The van der Waals surface area contributed by atoms with E-state index in [-0.39, 0.29) is 44.0 Å². The molecule has 1 saturated carbocycles. The number of hydrogen-bond donors (Lipinski definition) is 2. The van der Waals surface area contributed by atoms with Gasteiger partial charge in [0.1, 0.15) is 16.3 Å². The fraction of sp³-hybridized carbons (Fsp3) is 0.500. The molecule has 3 atom stereocenters. The van der Waals surface area contributed by atoms with Crippen LogP contribution in [-0.2, 0) is 21.7 Å². The minimum absolute atomic E-state index is 0.00633. The Morgan fingerprint density at radius 1 is 1.12 bits per heavy atom. The minimum Gasteiger partial charge on any atom is -0.377 e. The van der Waals surface area contributed by atoms with Crippen LogP contribution in [0.3, 0.4) is 0 Å². The predicted molar refractivity (Wildman–Crippen MR) is 154 cm³/mol. The molecule has 3 aromatic rings. The van der Waals surface area contributed by atoms with Crippen molar-refractivity contribution in [3.63, 3.8) is 0 Å². The number of carbonyl (C=O) groups excluding carboxylic acids is 1. The number of pyridine rings is 1. The van der Waals surface area contributed by atoms with Crippen LogP contribution >= 0.6 is 11.3 Å². The number of anilines is 3. The van der Waals surface area contributed by atoms with Crippen molar-refractivity contribution in [2.75, 3.05) is 48.8 Å². The maximum Gasteiger partial charge on any atom is 0.420 e. The van der Waals surface area contributed by atoms with E-state index in [9.17, 15) is 22.2 Å². The van der Waals surface area contributed by atoms with Gasteiger partial charge in [0, 0.05) is 43.7 Å². The summed E-state index contributed by atoms with van der Waals surface area (Å²) in [5.74, 6) is 1.11. The summed E-state index contributed by atoms with van der Waals surface area (Å²) in [6, 6.07) is 4.27. The molecule has 15 heteroatoms. The first-order valence-corrected chi connectivity index (χ1v) is 16.5. The van der Waals surface area contributed by atoms with E-state index in [0.29, 0.717) is 43.4 Å². The van der Waals surface area contributed by atoms with Crippen LogP contribution in [0.15, 0.2) is 29.4 Å². The number of aromatic nitrogens is 3. The summed E-state index contributed by atoms with van der Waals surface area (Å²) in [4.78, 5) is 30.9. The van der Waals surface area contributed by atoms with E-state index in [2.05, 4.69) is 31.6 Å². The molecular formula is C28H28F3N7O3S2. The molecule has 4 fully saturated rings. The molecule has 43 heavy (non-hydrogen) atoms. The Labute approximate surface area is 251 Å². The number of hydrogen-bond acceptors (Lipinski definition) is 10. The van der Waals surface area contributed by atoms with Crippen molar-refractivity contribution < 1.29 is 26.9 Å².